The van der Waals surface area contributed by atoms with E-state index in [9.17, 15) is 0 Å². The number of hydrogen-bond acceptors (Lipinski definition) is 3. The molecule has 0 atom stereocenters. The molecule has 0 saturated carbocycles. The Kier molecular flexibility index (Phi) is 3.38. The Hall–Kier alpha value is 0.1000. The summed E-state index contributed by atoms with van der Waals surface area (Å²) in [4.78, 5) is 6.87. The maximum absolute atomic E-state index is 5.52. The smallest absolute Gasteiger partial charge is 0.0685 e. The van der Waals surface area contributed by atoms with Crippen LogP contribution in [0.4, 0.5) is 0 Å². The van der Waals surface area contributed by atoms with Gasteiger partial charge in [-0.15, -0.1) is 11.3 Å². The third-order valence-corrected chi connectivity index (χ3v) is 3.71. The number of hydroxylamine groups is 2. The van der Waals surface area contributed by atoms with Gasteiger partial charge in [0.15, 0.2) is 0 Å². The van der Waals surface area contributed by atoms with E-state index in [1.54, 1.807) is 11.3 Å². The Morgan fingerprint density at radius 2 is 2.46 bits per heavy atom. The van der Waals surface area contributed by atoms with E-state index in [4.69, 9.17) is 4.84 Å². The molecule has 0 radical (unpaired) electrons. The lowest BCUT2D eigenvalue weighted by molar-refractivity contribution is -0.186. The number of halogens is 1. The van der Waals surface area contributed by atoms with Crippen molar-refractivity contribution >= 4 is 27.3 Å². The van der Waals surface area contributed by atoms with E-state index in [2.05, 4.69) is 32.4 Å². The van der Waals surface area contributed by atoms with Gasteiger partial charge < -0.3 is 0 Å². The molecular formula is C9H12BrNOS. The van der Waals surface area contributed by atoms with Crippen molar-refractivity contribution in [3.8, 4) is 0 Å². The van der Waals surface area contributed by atoms with Gasteiger partial charge >= 0.3 is 0 Å². The van der Waals surface area contributed by atoms with E-state index >= 15 is 0 Å². The molecule has 72 valence electrons. The van der Waals surface area contributed by atoms with Crippen LogP contribution >= 0.6 is 27.3 Å². The highest BCUT2D eigenvalue weighted by atomic mass is 79.9. The van der Waals surface area contributed by atoms with Crippen molar-refractivity contribution in [3.63, 3.8) is 0 Å². The van der Waals surface area contributed by atoms with Gasteiger partial charge in [-0.1, -0.05) is 0 Å². The predicted molar refractivity (Wildman–Crippen MR) is 57.6 cm³/mol. The number of thiophene rings is 1. The standard InChI is InChI=1S/C9H12BrNOS/c10-8-5-9(13-7-8)6-11-3-1-2-4-12-11/h5,7H,1-4,6H2. The minimum atomic E-state index is 0.881. The molecule has 1 fully saturated rings. The van der Waals surface area contributed by atoms with Gasteiger partial charge in [-0.2, -0.15) is 5.06 Å². The highest BCUT2D eigenvalue weighted by molar-refractivity contribution is 9.10. The summed E-state index contributed by atoms with van der Waals surface area (Å²) in [5.74, 6) is 0. The molecular weight excluding hydrogens is 250 g/mol. The lowest BCUT2D eigenvalue weighted by Crippen LogP contribution is -2.29. The van der Waals surface area contributed by atoms with Gasteiger partial charge in [0.1, 0.15) is 0 Å². The molecule has 1 aliphatic heterocycles. The van der Waals surface area contributed by atoms with E-state index < -0.39 is 0 Å². The minimum Gasteiger partial charge on any atom is -0.299 e. The van der Waals surface area contributed by atoms with E-state index in [1.165, 1.54) is 22.2 Å². The molecule has 2 nitrogen and oxygen atoms in total. The largest absolute Gasteiger partial charge is 0.299 e. The maximum atomic E-state index is 5.52. The Morgan fingerprint density at radius 3 is 3.08 bits per heavy atom. The summed E-state index contributed by atoms with van der Waals surface area (Å²) in [7, 11) is 0. The topological polar surface area (TPSA) is 12.5 Å². The third-order valence-electron chi connectivity index (χ3n) is 2.03. The molecule has 4 heteroatoms. The molecule has 1 saturated heterocycles. The molecule has 2 heterocycles. The molecule has 0 N–H and O–H groups in total. The van der Waals surface area contributed by atoms with Crippen LogP contribution in [0, 0.1) is 0 Å². The van der Waals surface area contributed by atoms with Gasteiger partial charge in [0, 0.05) is 21.3 Å². The summed E-state index contributed by atoms with van der Waals surface area (Å²) in [5.41, 5.74) is 0. The fourth-order valence-corrected chi connectivity index (χ4v) is 2.84. The summed E-state index contributed by atoms with van der Waals surface area (Å²) >= 11 is 5.22. The van der Waals surface area contributed by atoms with Crippen LogP contribution < -0.4 is 0 Å². The van der Waals surface area contributed by atoms with Crippen LogP contribution in [0.2, 0.25) is 0 Å². The summed E-state index contributed by atoms with van der Waals surface area (Å²) in [6.07, 6.45) is 2.46. The molecule has 0 aliphatic carbocycles. The second-order valence-corrected chi connectivity index (χ2v) is 5.05. The van der Waals surface area contributed by atoms with E-state index in [0.29, 0.717) is 0 Å². The summed E-state index contributed by atoms with van der Waals surface area (Å²) in [5, 5.41) is 4.17. The lowest BCUT2D eigenvalue weighted by atomic mass is 10.3. The summed E-state index contributed by atoms with van der Waals surface area (Å²) in [6.45, 7) is 2.87. The average Bonchev–Trinajstić information content (AvgIpc) is 2.53. The molecule has 0 spiro atoms. The van der Waals surface area contributed by atoms with Gasteiger partial charge in [0.2, 0.25) is 0 Å². The first-order valence-corrected chi connectivity index (χ1v) is 6.12. The van der Waals surface area contributed by atoms with Crippen molar-refractivity contribution in [3.05, 3.63) is 20.8 Å². The number of rotatable bonds is 2. The predicted octanol–water partition coefficient (Wildman–Crippen LogP) is 3.04. The zero-order chi connectivity index (χ0) is 9.10. The summed E-state index contributed by atoms with van der Waals surface area (Å²) < 4.78 is 1.17. The van der Waals surface area contributed by atoms with Crippen LogP contribution in [0.1, 0.15) is 17.7 Å². The maximum Gasteiger partial charge on any atom is 0.0685 e. The fraction of sp³-hybridized carbons (Fsp3) is 0.556. The van der Waals surface area contributed by atoms with Gasteiger partial charge in [-0.3, -0.25) is 4.84 Å². The van der Waals surface area contributed by atoms with E-state index in [1.807, 2.05) is 0 Å². The second-order valence-electron chi connectivity index (χ2n) is 3.14. The van der Waals surface area contributed by atoms with Crippen LogP contribution in [0.5, 0.6) is 0 Å². The first-order chi connectivity index (χ1) is 6.34. The highest BCUT2D eigenvalue weighted by Crippen LogP contribution is 2.22. The Morgan fingerprint density at radius 1 is 1.54 bits per heavy atom. The van der Waals surface area contributed by atoms with Crippen molar-refractivity contribution in [2.75, 3.05) is 13.2 Å². The first-order valence-electron chi connectivity index (χ1n) is 4.45. The van der Waals surface area contributed by atoms with Crippen molar-refractivity contribution in [1.29, 1.82) is 0 Å². The van der Waals surface area contributed by atoms with Crippen LogP contribution in [0.3, 0.4) is 0 Å². The molecule has 0 unspecified atom stereocenters. The summed E-state index contributed by atoms with van der Waals surface area (Å²) in [6, 6.07) is 2.16. The zero-order valence-electron chi connectivity index (χ0n) is 7.33. The lowest BCUT2D eigenvalue weighted by Gasteiger charge is -2.25. The molecule has 0 amide bonds. The zero-order valence-corrected chi connectivity index (χ0v) is 9.73. The van der Waals surface area contributed by atoms with Crippen molar-refractivity contribution < 1.29 is 4.84 Å². The molecule has 2 rings (SSSR count). The van der Waals surface area contributed by atoms with Crippen LogP contribution in [0.25, 0.3) is 0 Å². The van der Waals surface area contributed by atoms with Crippen LogP contribution in [0.15, 0.2) is 15.9 Å². The van der Waals surface area contributed by atoms with Crippen LogP contribution in [-0.4, -0.2) is 18.2 Å². The third kappa shape index (κ3) is 2.77. The first kappa shape index (κ1) is 9.65. The Balaban J connectivity index is 1.89. The van der Waals surface area contributed by atoms with Crippen molar-refractivity contribution in [2.45, 2.75) is 19.4 Å². The van der Waals surface area contributed by atoms with Crippen molar-refractivity contribution in [1.82, 2.24) is 5.06 Å². The second kappa shape index (κ2) is 4.55. The minimum absolute atomic E-state index is 0.881. The fourth-order valence-electron chi connectivity index (χ4n) is 1.38. The number of hydrogen-bond donors (Lipinski definition) is 0. The van der Waals surface area contributed by atoms with E-state index in [0.717, 1.165) is 19.7 Å². The molecule has 0 bridgehead atoms. The SMILES string of the molecule is Brc1csc(CN2CCCCO2)c1. The highest BCUT2D eigenvalue weighted by Gasteiger charge is 2.11. The average molecular weight is 262 g/mol. The molecule has 1 aromatic heterocycles. The molecule has 1 aliphatic rings. The van der Waals surface area contributed by atoms with Gasteiger partial charge in [0.05, 0.1) is 13.2 Å². The quantitative estimate of drug-likeness (QED) is 0.812. The van der Waals surface area contributed by atoms with Crippen LogP contribution in [-0.2, 0) is 11.4 Å². The van der Waals surface area contributed by atoms with Gasteiger partial charge in [0.25, 0.3) is 0 Å². The molecule has 0 aromatic carbocycles. The van der Waals surface area contributed by atoms with E-state index in [-0.39, 0.29) is 0 Å². The normalized spacial score (nSPS) is 19.2. The van der Waals surface area contributed by atoms with Gasteiger partial charge in [-0.05, 0) is 34.8 Å². The van der Waals surface area contributed by atoms with Gasteiger partial charge in [-0.25, -0.2) is 0 Å². The monoisotopic (exact) mass is 261 g/mol. The molecule has 13 heavy (non-hydrogen) atoms. The Bertz CT molecular complexity index is 270. The Labute approximate surface area is 90.6 Å². The molecule has 1 aromatic rings. The van der Waals surface area contributed by atoms with Crippen molar-refractivity contribution in [2.24, 2.45) is 0 Å². The number of nitrogens with zero attached hydrogens (tertiary/aromatic N) is 1.